The second kappa shape index (κ2) is 9.89. The molecule has 1 aromatic carbocycles. The maximum atomic E-state index is 13.3. The van der Waals surface area contributed by atoms with Crippen molar-refractivity contribution in [1.29, 1.82) is 0 Å². The van der Waals surface area contributed by atoms with Crippen molar-refractivity contribution < 1.29 is 14.3 Å². The number of morpholine rings is 1. The van der Waals surface area contributed by atoms with E-state index < -0.39 is 6.04 Å². The molecule has 2 aromatic rings. The van der Waals surface area contributed by atoms with E-state index in [-0.39, 0.29) is 24.0 Å². The zero-order valence-corrected chi connectivity index (χ0v) is 18.9. The van der Waals surface area contributed by atoms with Crippen molar-refractivity contribution in [3.63, 3.8) is 0 Å². The van der Waals surface area contributed by atoms with Crippen molar-refractivity contribution in [3.8, 4) is 0 Å². The lowest BCUT2D eigenvalue weighted by Gasteiger charge is -2.34. The molecule has 3 unspecified atom stereocenters. The van der Waals surface area contributed by atoms with Crippen LogP contribution in [0.3, 0.4) is 0 Å². The SMILES string of the molecule is CC1CN(Cc2csc(NC(=O)C(c3ccccc3)N3CCCCC3=O)n2)CC(C)O1. The lowest BCUT2D eigenvalue weighted by molar-refractivity contribution is -0.141. The molecule has 2 saturated heterocycles. The molecule has 0 aliphatic carbocycles. The fraction of sp³-hybridized carbons (Fsp3) is 0.522. The van der Waals surface area contributed by atoms with E-state index in [0.717, 1.165) is 43.7 Å². The number of carbonyl (C=O) groups excluding carboxylic acids is 2. The largest absolute Gasteiger partial charge is 0.373 e. The summed E-state index contributed by atoms with van der Waals surface area (Å²) in [6.07, 6.45) is 2.70. The fourth-order valence-corrected chi connectivity index (χ4v) is 5.17. The van der Waals surface area contributed by atoms with E-state index in [4.69, 9.17) is 4.74 Å². The zero-order chi connectivity index (χ0) is 21.8. The van der Waals surface area contributed by atoms with Crippen molar-refractivity contribution in [3.05, 3.63) is 47.0 Å². The van der Waals surface area contributed by atoms with Crippen LogP contribution in [0.4, 0.5) is 5.13 Å². The van der Waals surface area contributed by atoms with E-state index in [1.54, 1.807) is 4.90 Å². The highest BCUT2D eigenvalue weighted by atomic mass is 32.1. The number of benzene rings is 1. The van der Waals surface area contributed by atoms with Crippen LogP contribution in [0.2, 0.25) is 0 Å². The molecule has 2 aliphatic rings. The summed E-state index contributed by atoms with van der Waals surface area (Å²) in [5, 5.41) is 5.52. The topological polar surface area (TPSA) is 74.8 Å². The molecule has 3 atom stereocenters. The summed E-state index contributed by atoms with van der Waals surface area (Å²) in [5.41, 5.74) is 1.76. The average molecular weight is 443 g/mol. The highest BCUT2D eigenvalue weighted by Crippen LogP contribution is 2.28. The second-order valence-electron chi connectivity index (χ2n) is 8.44. The first-order valence-corrected chi connectivity index (χ1v) is 11.8. The van der Waals surface area contributed by atoms with Gasteiger partial charge in [0.1, 0.15) is 6.04 Å². The number of anilines is 1. The molecule has 3 heterocycles. The van der Waals surface area contributed by atoms with Gasteiger partial charge in [0, 0.05) is 38.0 Å². The molecule has 0 bridgehead atoms. The third-order valence-electron chi connectivity index (χ3n) is 5.70. The van der Waals surface area contributed by atoms with Crippen molar-refractivity contribution in [2.24, 2.45) is 0 Å². The Morgan fingerprint density at radius 2 is 1.97 bits per heavy atom. The van der Waals surface area contributed by atoms with Crippen LogP contribution >= 0.6 is 11.3 Å². The Morgan fingerprint density at radius 3 is 2.68 bits per heavy atom. The van der Waals surface area contributed by atoms with Crippen molar-refractivity contribution in [2.45, 2.75) is 57.9 Å². The van der Waals surface area contributed by atoms with Crippen LogP contribution in [-0.2, 0) is 20.9 Å². The Labute approximate surface area is 187 Å². The lowest BCUT2D eigenvalue weighted by atomic mass is 10.0. The minimum absolute atomic E-state index is 0.0330. The van der Waals surface area contributed by atoms with Gasteiger partial charge in [0.05, 0.1) is 17.9 Å². The normalized spacial score (nSPS) is 23.5. The number of hydrogen-bond donors (Lipinski definition) is 1. The average Bonchev–Trinajstić information content (AvgIpc) is 3.16. The number of thiazole rings is 1. The summed E-state index contributed by atoms with van der Waals surface area (Å²) in [6.45, 7) is 7.24. The molecule has 2 aliphatic heterocycles. The molecule has 0 spiro atoms. The quantitative estimate of drug-likeness (QED) is 0.742. The molecular weight excluding hydrogens is 412 g/mol. The minimum atomic E-state index is -0.637. The number of hydrogen-bond acceptors (Lipinski definition) is 6. The Hall–Kier alpha value is -2.29. The zero-order valence-electron chi connectivity index (χ0n) is 18.1. The van der Waals surface area contributed by atoms with Gasteiger partial charge in [-0.15, -0.1) is 11.3 Å². The second-order valence-corrected chi connectivity index (χ2v) is 9.30. The molecule has 31 heavy (non-hydrogen) atoms. The molecule has 8 heteroatoms. The Kier molecular flexibility index (Phi) is 6.99. The maximum Gasteiger partial charge on any atom is 0.253 e. The number of rotatable bonds is 6. The molecule has 2 amide bonds. The fourth-order valence-electron chi connectivity index (χ4n) is 4.46. The first-order chi connectivity index (χ1) is 15.0. The van der Waals surface area contributed by atoms with Crippen LogP contribution in [0, 0.1) is 0 Å². The van der Waals surface area contributed by atoms with E-state index in [2.05, 4.69) is 29.0 Å². The summed E-state index contributed by atoms with van der Waals surface area (Å²) in [7, 11) is 0. The summed E-state index contributed by atoms with van der Waals surface area (Å²) >= 11 is 1.42. The van der Waals surface area contributed by atoms with Crippen LogP contribution in [0.1, 0.15) is 50.4 Å². The van der Waals surface area contributed by atoms with E-state index in [1.807, 2.05) is 35.7 Å². The molecular formula is C23H30N4O3S. The van der Waals surface area contributed by atoms with Gasteiger partial charge in [-0.3, -0.25) is 19.8 Å². The molecule has 7 nitrogen and oxygen atoms in total. The van der Waals surface area contributed by atoms with Crippen LogP contribution in [0.15, 0.2) is 35.7 Å². The highest BCUT2D eigenvalue weighted by Gasteiger charge is 2.33. The Bertz CT molecular complexity index is 893. The van der Waals surface area contributed by atoms with Crippen LogP contribution in [0.25, 0.3) is 0 Å². The standard InChI is InChI=1S/C23H30N4O3S/c1-16-12-26(13-17(2)30-16)14-19-15-31-23(24-19)25-22(29)21(18-8-4-3-5-9-18)27-11-7-6-10-20(27)28/h3-5,8-9,15-17,21H,6-7,10-14H2,1-2H3,(H,24,25,29). The van der Waals surface area contributed by atoms with Crippen molar-refractivity contribution >= 4 is 28.3 Å². The van der Waals surface area contributed by atoms with E-state index >= 15 is 0 Å². The molecule has 1 N–H and O–H groups in total. The smallest absolute Gasteiger partial charge is 0.253 e. The van der Waals surface area contributed by atoms with Crippen LogP contribution < -0.4 is 5.32 Å². The van der Waals surface area contributed by atoms with Crippen molar-refractivity contribution in [2.75, 3.05) is 25.0 Å². The Morgan fingerprint density at radius 1 is 1.23 bits per heavy atom. The molecule has 2 fully saturated rings. The first-order valence-electron chi connectivity index (χ1n) is 11.0. The number of carbonyl (C=O) groups is 2. The number of aromatic nitrogens is 1. The predicted molar refractivity (Wildman–Crippen MR) is 121 cm³/mol. The molecule has 4 rings (SSSR count). The number of likely N-dealkylation sites (tertiary alicyclic amines) is 1. The molecule has 166 valence electrons. The van der Waals surface area contributed by atoms with Crippen LogP contribution in [0.5, 0.6) is 0 Å². The van der Waals surface area contributed by atoms with Gasteiger partial charge < -0.3 is 9.64 Å². The highest BCUT2D eigenvalue weighted by molar-refractivity contribution is 7.13. The summed E-state index contributed by atoms with van der Waals surface area (Å²) in [4.78, 5) is 34.5. The number of amides is 2. The van der Waals surface area contributed by atoms with Crippen molar-refractivity contribution in [1.82, 2.24) is 14.8 Å². The first kappa shape index (κ1) is 21.9. The monoisotopic (exact) mass is 442 g/mol. The van der Waals surface area contributed by atoms with Crippen LogP contribution in [-0.4, -0.2) is 58.4 Å². The van der Waals surface area contributed by atoms with Gasteiger partial charge in [0.15, 0.2) is 5.13 Å². The van der Waals surface area contributed by atoms with E-state index in [9.17, 15) is 9.59 Å². The van der Waals surface area contributed by atoms with E-state index in [0.29, 0.717) is 18.1 Å². The maximum absolute atomic E-state index is 13.3. The lowest BCUT2D eigenvalue weighted by Crippen LogP contribution is -2.44. The number of ether oxygens (including phenoxy) is 1. The summed E-state index contributed by atoms with van der Waals surface area (Å²) in [6, 6.07) is 8.88. The Balaban J connectivity index is 1.46. The third kappa shape index (κ3) is 5.50. The molecule has 1 aromatic heterocycles. The predicted octanol–water partition coefficient (Wildman–Crippen LogP) is 3.44. The molecule has 0 radical (unpaired) electrons. The van der Waals surface area contributed by atoms with Gasteiger partial charge in [-0.05, 0) is 32.3 Å². The summed E-state index contributed by atoms with van der Waals surface area (Å²) < 4.78 is 5.80. The number of nitrogens with one attached hydrogen (secondary N) is 1. The van der Waals surface area contributed by atoms with Gasteiger partial charge in [0.2, 0.25) is 5.91 Å². The van der Waals surface area contributed by atoms with Gasteiger partial charge in [-0.1, -0.05) is 30.3 Å². The van der Waals surface area contributed by atoms with Gasteiger partial charge >= 0.3 is 0 Å². The van der Waals surface area contributed by atoms with Gasteiger partial charge in [-0.25, -0.2) is 4.98 Å². The number of piperidine rings is 1. The minimum Gasteiger partial charge on any atom is -0.373 e. The van der Waals surface area contributed by atoms with Gasteiger partial charge in [-0.2, -0.15) is 0 Å². The van der Waals surface area contributed by atoms with E-state index in [1.165, 1.54) is 11.3 Å². The number of nitrogens with zero attached hydrogens (tertiary/aromatic N) is 3. The molecule has 0 saturated carbocycles. The van der Waals surface area contributed by atoms with Gasteiger partial charge in [0.25, 0.3) is 5.91 Å². The third-order valence-corrected chi connectivity index (χ3v) is 6.50. The summed E-state index contributed by atoms with van der Waals surface area (Å²) in [5.74, 6) is -0.179.